The van der Waals surface area contributed by atoms with Gasteiger partial charge in [-0.1, -0.05) is 19.8 Å². The number of rotatable bonds is 2. The molecular weight excluding hydrogens is 302 g/mol. The van der Waals surface area contributed by atoms with Crippen LogP contribution in [0.2, 0.25) is 0 Å². The first kappa shape index (κ1) is 15.9. The van der Waals surface area contributed by atoms with Crippen LogP contribution in [0.5, 0.6) is 0 Å². The second kappa shape index (κ2) is 6.71. The van der Waals surface area contributed by atoms with Gasteiger partial charge in [0.05, 0.1) is 13.2 Å². The van der Waals surface area contributed by atoms with Gasteiger partial charge in [0.15, 0.2) is 0 Å². The van der Waals surface area contributed by atoms with E-state index in [0.29, 0.717) is 23.6 Å². The highest BCUT2D eigenvalue weighted by molar-refractivity contribution is 5.93. The van der Waals surface area contributed by atoms with E-state index in [1.54, 1.807) is 6.20 Å². The van der Waals surface area contributed by atoms with E-state index in [2.05, 4.69) is 21.7 Å². The Balaban J connectivity index is 1.54. The smallest absolute Gasteiger partial charge is 0.272 e. The molecule has 5 nitrogen and oxygen atoms in total. The Hall–Kier alpha value is -1.62. The van der Waals surface area contributed by atoms with Gasteiger partial charge in [-0.2, -0.15) is 0 Å². The number of fused-ring (bicyclic) bond motifs is 1. The standard InChI is InChI=1S/C19H27N3O2/c1-14-13-22(18-5-3-2-4-16(14)18)19(23)17-12-15(6-7-20-17)21-8-10-24-11-9-21/h6-7,12,14,16,18H,2-5,8-11,13H2,1H3/t14-,16+,18-/m1/s1. The molecule has 0 aromatic carbocycles. The van der Waals surface area contributed by atoms with Gasteiger partial charge >= 0.3 is 0 Å². The lowest BCUT2D eigenvalue weighted by atomic mass is 9.80. The summed E-state index contributed by atoms with van der Waals surface area (Å²) in [5.74, 6) is 1.41. The number of aromatic nitrogens is 1. The van der Waals surface area contributed by atoms with E-state index in [-0.39, 0.29) is 5.91 Å². The van der Waals surface area contributed by atoms with Gasteiger partial charge in [-0.15, -0.1) is 0 Å². The van der Waals surface area contributed by atoms with Crippen molar-refractivity contribution < 1.29 is 9.53 Å². The SMILES string of the molecule is C[C@@H]1CN(C(=O)c2cc(N3CCOCC3)ccn2)[C@@H]2CCCC[C@@H]12. The lowest BCUT2D eigenvalue weighted by Crippen LogP contribution is -2.40. The predicted molar refractivity (Wildman–Crippen MR) is 93.2 cm³/mol. The first-order chi connectivity index (χ1) is 11.7. The molecule has 0 spiro atoms. The molecule has 3 atom stereocenters. The molecule has 2 saturated heterocycles. The number of carbonyl (C=O) groups excluding carboxylic acids is 1. The second-order valence-corrected chi connectivity index (χ2v) is 7.45. The Kier molecular flexibility index (Phi) is 4.44. The van der Waals surface area contributed by atoms with Crippen LogP contribution in [0.15, 0.2) is 18.3 Å². The molecule has 24 heavy (non-hydrogen) atoms. The number of hydrogen-bond acceptors (Lipinski definition) is 4. The highest BCUT2D eigenvalue weighted by Gasteiger charge is 2.43. The molecule has 1 aromatic rings. The van der Waals surface area contributed by atoms with Gasteiger partial charge in [0, 0.05) is 37.6 Å². The molecule has 2 aliphatic heterocycles. The van der Waals surface area contributed by atoms with Gasteiger partial charge in [0.25, 0.3) is 5.91 Å². The zero-order chi connectivity index (χ0) is 16.5. The van der Waals surface area contributed by atoms with Crippen LogP contribution in [0.1, 0.15) is 43.1 Å². The summed E-state index contributed by atoms with van der Waals surface area (Å²) < 4.78 is 5.42. The van der Waals surface area contributed by atoms with Crippen LogP contribution in [0.25, 0.3) is 0 Å². The van der Waals surface area contributed by atoms with E-state index in [4.69, 9.17) is 4.74 Å². The number of pyridine rings is 1. The van der Waals surface area contributed by atoms with Crippen molar-refractivity contribution in [1.82, 2.24) is 9.88 Å². The molecular formula is C19H27N3O2. The Bertz CT molecular complexity index is 600. The molecule has 0 N–H and O–H groups in total. The summed E-state index contributed by atoms with van der Waals surface area (Å²) in [6, 6.07) is 4.39. The molecule has 4 rings (SSSR count). The zero-order valence-corrected chi connectivity index (χ0v) is 14.5. The van der Waals surface area contributed by atoms with Crippen molar-refractivity contribution in [1.29, 1.82) is 0 Å². The van der Waals surface area contributed by atoms with E-state index in [9.17, 15) is 4.79 Å². The largest absolute Gasteiger partial charge is 0.378 e. The molecule has 1 amide bonds. The summed E-state index contributed by atoms with van der Waals surface area (Å²) in [7, 11) is 0. The molecule has 3 heterocycles. The summed E-state index contributed by atoms with van der Waals surface area (Å²) >= 11 is 0. The van der Waals surface area contributed by atoms with E-state index in [1.807, 2.05) is 12.1 Å². The second-order valence-electron chi connectivity index (χ2n) is 7.45. The fourth-order valence-electron chi connectivity index (χ4n) is 4.71. The monoisotopic (exact) mass is 329 g/mol. The van der Waals surface area contributed by atoms with Gasteiger partial charge in [-0.25, -0.2) is 0 Å². The van der Waals surface area contributed by atoms with Crippen molar-refractivity contribution in [3.05, 3.63) is 24.0 Å². The Morgan fingerprint density at radius 1 is 1.25 bits per heavy atom. The molecule has 3 aliphatic rings. The van der Waals surface area contributed by atoms with E-state index >= 15 is 0 Å². The first-order valence-electron chi connectivity index (χ1n) is 9.34. The number of likely N-dealkylation sites (tertiary alicyclic amines) is 1. The summed E-state index contributed by atoms with van der Waals surface area (Å²) in [4.78, 5) is 21.9. The predicted octanol–water partition coefficient (Wildman–Crippen LogP) is 2.57. The third kappa shape index (κ3) is 2.90. The van der Waals surface area contributed by atoms with Gasteiger partial charge in [-0.05, 0) is 36.8 Å². The number of carbonyl (C=O) groups is 1. The maximum absolute atomic E-state index is 13.1. The molecule has 0 bridgehead atoms. The molecule has 0 radical (unpaired) electrons. The van der Waals surface area contributed by atoms with Crippen LogP contribution in [-0.2, 0) is 4.74 Å². The zero-order valence-electron chi connectivity index (χ0n) is 14.5. The van der Waals surface area contributed by atoms with Crippen LogP contribution >= 0.6 is 0 Å². The van der Waals surface area contributed by atoms with Crippen molar-refractivity contribution in [2.75, 3.05) is 37.7 Å². The molecule has 130 valence electrons. The van der Waals surface area contributed by atoms with Gasteiger partial charge in [0.2, 0.25) is 0 Å². The topological polar surface area (TPSA) is 45.7 Å². The average Bonchev–Trinajstić information content (AvgIpc) is 2.99. The normalized spacial score (nSPS) is 30.3. The molecule has 5 heteroatoms. The summed E-state index contributed by atoms with van der Waals surface area (Å²) in [5.41, 5.74) is 1.68. The number of ether oxygens (including phenoxy) is 1. The minimum absolute atomic E-state index is 0.117. The van der Waals surface area contributed by atoms with E-state index < -0.39 is 0 Å². The highest BCUT2D eigenvalue weighted by Crippen LogP contribution is 2.40. The quantitative estimate of drug-likeness (QED) is 0.836. The minimum atomic E-state index is 0.117. The molecule has 1 aliphatic carbocycles. The Morgan fingerprint density at radius 3 is 2.88 bits per heavy atom. The Morgan fingerprint density at radius 2 is 2.04 bits per heavy atom. The maximum Gasteiger partial charge on any atom is 0.272 e. The van der Waals surface area contributed by atoms with Gasteiger partial charge in [-0.3, -0.25) is 9.78 Å². The van der Waals surface area contributed by atoms with Crippen molar-refractivity contribution in [2.24, 2.45) is 11.8 Å². The van der Waals surface area contributed by atoms with Crippen molar-refractivity contribution in [3.63, 3.8) is 0 Å². The van der Waals surface area contributed by atoms with E-state index in [0.717, 1.165) is 45.0 Å². The van der Waals surface area contributed by atoms with Crippen LogP contribution in [0.3, 0.4) is 0 Å². The molecule has 1 aromatic heterocycles. The molecule has 3 fully saturated rings. The molecule has 0 unspecified atom stereocenters. The number of nitrogens with zero attached hydrogens (tertiary/aromatic N) is 3. The van der Waals surface area contributed by atoms with Crippen molar-refractivity contribution in [3.8, 4) is 0 Å². The number of hydrogen-bond donors (Lipinski definition) is 0. The lowest BCUT2D eigenvalue weighted by Gasteiger charge is -2.32. The summed E-state index contributed by atoms with van der Waals surface area (Å²) in [6.07, 6.45) is 6.77. The van der Waals surface area contributed by atoms with Crippen LogP contribution in [0, 0.1) is 11.8 Å². The minimum Gasteiger partial charge on any atom is -0.378 e. The Labute approximate surface area is 144 Å². The fraction of sp³-hybridized carbons (Fsp3) is 0.684. The molecule has 1 saturated carbocycles. The van der Waals surface area contributed by atoms with Crippen LogP contribution < -0.4 is 4.90 Å². The average molecular weight is 329 g/mol. The summed E-state index contributed by atoms with van der Waals surface area (Å²) in [5, 5.41) is 0. The first-order valence-corrected chi connectivity index (χ1v) is 9.34. The van der Waals surface area contributed by atoms with E-state index in [1.165, 1.54) is 19.3 Å². The number of anilines is 1. The van der Waals surface area contributed by atoms with Crippen molar-refractivity contribution in [2.45, 2.75) is 38.6 Å². The number of morpholine rings is 1. The lowest BCUT2D eigenvalue weighted by molar-refractivity contribution is 0.0684. The third-order valence-corrected chi connectivity index (χ3v) is 6.00. The van der Waals surface area contributed by atoms with Crippen LogP contribution in [-0.4, -0.2) is 54.7 Å². The van der Waals surface area contributed by atoms with Crippen molar-refractivity contribution >= 4 is 11.6 Å². The maximum atomic E-state index is 13.1. The fourth-order valence-corrected chi connectivity index (χ4v) is 4.71. The van der Waals surface area contributed by atoms with Gasteiger partial charge in [0.1, 0.15) is 5.69 Å². The summed E-state index contributed by atoms with van der Waals surface area (Å²) in [6.45, 7) is 6.44. The van der Waals surface area contributed by atoms with Gasteiger partial charge < -0.3 is 14.5 Å². The van der Waals surface area contributed by atoms with Crippen LogP contribution in [0.4, 0.5) is 5.69 Å². The third-order valence-electron chi connectivity index (χ3n) is 6.00. The number of amides is 1. The highest BCUT2D eigenvalue weighted by atomic mass is 16.5.